The van der Waals surface area contributed by atoms with Crippen molar-refractivity contribution in [3.8, 4) is 0 Å². The molecule has 23 heavy (non-hydrogen) atoms. The van der Waals surface area contributed by atoms with Crippen LogP contribution in [0, 0.1) is 5.41 Å². The molecule has 1 amide bonds. The summed E-state index contributed by atoms with van der Waals surface area (Å²) in [6.07, 6.45) is 3.22. The molecule has 7 heteroatoms. The number of hydrogen-bond donors (Lipinski definition) is 2. The zero-order chi connectivity index (χ0) is 17.7. The van der Waals surface area contributed by atoms with Crippen LogP contribution in [0.25, 0.3) is 0 Å². The summed E-state index contributed by atoms with van der Waals surface area (Å²) in [6, 6.07) is 0. The molecule has 0 saturated carbocycles. The summed E-state index contributed by atoms with van der Waals surface area (Å²) in [7, 11) is 0. The molecule has 1 rings (SSSR count). The molecule has 0 fully saturated rings. The van der Waals surface area contributed by atoms with Crippen LogP contribution in [-0.2, 0) is 19.9 Å². The number of nitrogens with zero attached hydrogens (tertiary/aromatic N) is 1. The fraction of sp³-hybridized carbons (Fsp3) is 0.688. The van der Waals surface area contributed by atoms with E-state index in [4.69, 9.17) is 9.47 Å². The molecular formula is C16H27N3O4. The average Bonchev–Trinajstić information content (AvgIpc) is 2.87. The maximum absolute atomic E-state index is 11.8. The van der Waals surface area contributed by atoms with Crippen LogP contribution in [0.5, 0.6) is 0 Å². The van der Waals surface area contributed by atoms with E-state index in [1.807, 2.05) is 20.8 Å². The van der Waals surface area contributed by atoms with Crippen LogP contribution >= 0.6 is 0 Å². The Morgan fingerprint density at radius 1 is 1.30 bits per heavy atom. The predicted octanol–water partition coefficient (Wildman–Crippen LogP) is 2.74. The molecule has 0 saturated heterocycles. The van der Waals surface area contributed by atoms with Crippen molar-refractivity contribution in [2.75, 3.05) is 6.54 Å². The highest BCUT2D eigenvalue weighted by Gasteiger charge is 2.46. The third kappa shape index (κ3) is 4.97. The highest BCUT2D eigenvalue weighted by Crippen LogP contribution is 2.44. The molecule has 7 nitrogen and oxygen atoms in total. The van der Waals surface area contributed by atoms with Crippen molar-refractivity contribution >= 4 is 12.6 Å². The van der Waals surface area contributed by atoms with Crippen LogP contribution in [0.2, 0.25) is 0 Å². The lowest BCUT2D eigenvalue weighted by Crippen LogP contribution is -2.45. The van der Waals surface area contributed by atoms with Gasteiger partial charge in [0.1, 0.15) is 11.2 Å². The zero-order valence-electron chi connectivity index (χ0n) is 14.7. The Morgan fingerprint density at radius 3 is 2.39 bits per heavy atom. The molecule has 0 aromatic carbocycles. The summed E-state index contributed by atoms with van der Waals surface area (Å²) in [5.74, 6) is 0. The summed E-state index contributed by atoms with van der Waals surface area (Å²) in [5.41, 5.74) is -1.11. The number of H-pyrrole nitrogens is 1. The van der Waals surface area contributed by atoms with Crippen molar-refractivity contribution in [3.05, 3.63) is 18.0 Å². The molecule has 0 radical (unpaired) electrons. The van der Waals surface area contributed by atoms with Gasteiger partial charge in [-0.05, 0) is 20.8 Å². The minimum absolute atomic E-state index is 0.297. The Bertz CT molecular complexity index is 514. The maximum Gasteiger partial charge on any atom is 0.407 e. The topological polar surface area (TPSA) is 93.3 Å². The third-order valence-electron chi connectivity index (χ3n) is 3.57. The summed E-state index contributed by atoms with van der Waals surface area (Å²) in [6.45, 7) is 12.0. The number of carbonyl (C=O) groups is 2. The lowest BCUT2D eigenvalue weighted by molar-refractivity contribution is -0.161. The van der Waals surface area contributed by atoms with E-state index in [9.17, 15) is 9.59 Å². The summed E-state index contributed by atoms with van der Waals surface area (Å²) < 4.78 is 10.7. The van der Waals surface area contributed by atoms with Crippen LogP contribution in [-0.4, -0.2) is 34.9 Å². The first-order valence-electron chi connectivity index (χ1n) is 7.59. The van der Waals surface area contributed by atoms with E-state index in [0.29, 0.717) is 19.4 Å². The highest BCUT2D eigenvalue weighted by atomic mass is 16.6. The number of amides is 1. The Hall–Kier alpha value is -2.05. The van der Waals surface area contributed by atoms with Gasteiger partial charge in [-0.15, -0.1) is 0 Å². The number of aromatic nitrogens is 2. The molecule has 1 aromatic heterocycles. The molecule has 1 atom stereocenters. The number of aromatic amines is 1. The molecule has 1 heterocycles. The fourth-order valence-corrected chi connectivity index (χ4v) is 2.46. The minimum Gasteiger partial charge on any atom is -0.456 e. The molecular weight excluding hydrogens is 298 g/mol. The molecule has 2 N–H and O–H groups in total. The largest absolute Gasteiger partial charge is 0.456 e. The number of carbonyl (C=O) groups excluding carboxylic acids is 2. The van der Waals surface area contributed by atoms with Gasteiger partial charge < -0.3 is 14.8 Å². The molecule has 0 spiro atoms. The lowest BCUT2D eigenvalue weighted by Gasteiger charge is -2.42. The van der Waals surface area contributed by atoms with Crippen molar-refractivity contribution in [3.63, 3.8) is 0 Å². The number of nitrogens with one attached hydrogen (secondary N) is 2. The van der Waals surface area contributed by atoms with Crippen molar-refractivity contribution < 1.29 is 19.1 Å². The number of ether oxygens (including phenoxy) is 2. The lowest BCUT2D eigenvalue weighted by atomic mass is 9.71. The van der Waals surface area contributed by atoms with E-state index in [1.165, 1.54) is 0 Å². The van der Waals surface area contributed by atoms with Crippen LogP contribution in [0.4, 0.5) is 4.79 Å². The standard InChI is InChI=1S/C16H27N3O4/c1-14(2,3)16(22-11-20,12-9-18-19-10-12)7-8-17-13(21)23-15(4,5)6/h9-11H,7-8H2,1-6H3,(H,17,21)(H,18,19). The molecule has 0 aliphatic rings. The van der Waals surface area contributed by atoms with E-state index in [0.717, 1.165) is 5.56 Å². The van der Waals surface area contributed by atoms with E-state index in [2.05, 4.69) is 15.5 Å². The van der Waals surface area contributed by atoms with E-state index >= 15 is 0 Å². The van der Waals surface area contributed by atoms with Gasteiger partial charge in [0.15, 0.2) is 0 Å². The van der Waals surface area contributed by atoms with Crippen LogP contribution in [0.15, 0.2) is 12.4 Å². The zero-order valence-corrected chi connectivity index (χ0v) is 14.7. The van der Waals surface area contributed by atoms with Gasteiger partial charge in [0.05, 0.1) is 6.20 Å². The van der Waals surface area contributed by atoms with Crippen molar-refractivity contribution in [1.82, 2.24) is 15.5 Å². The second-order valence-corrected chi connectivity index (χ2v) is 7.46. The van der Waals surface area contributed by atoms with Crippen LogP contribution < -0.4 is 5.32 Å². The Kier molecular flexibility index (Phi) is 5.80. The van der Waals surface area contributed by atoms with Gasteiger partial charge in [0.2, 0.25) is 0 Å². The van der Waals surface area contributed by atoms with Crippen molar-refractivity contribution in [2.45, 2.75) is 59.2 Å². The van der Waals surface area contributed by atoms with E-state index < -0.39 is 22.7 Å². The van der Waals surface area contributed by atoms with Gasteiger partial charge in [-0.3, -0.25) is 9.89 Å². The van der Waals surface area contributed by atoms with Crippen LogP contribution in [0.1, 0.15) is 53.5 Å². The van der Waals surface area contributed by atoms with Crippen molar-refractivity contribution in [2.24, 2.45) is 5.41 Å². The van der Waals surface area contributed by atoms with Gasteiger partial charge in [0.25, 0.3) is 6.47 Å². The van der Waals surface area contributed by atoms with Gasteiger partial charge in [0, 0.05) is 30.1 Å². The van der Waals surface area contributed by atoms with Gasteiger partial charge in [-0.1, -0.05) is 20.8 Å². The third-order valence-corrected chi connectivity index (χ3v) is 3.57. The first-order chi connectivity index (χ1) is 10.5. The normalized spacial score (nSPS) is 14.7. The monoisotopic (exact) mass is 325 g/mol. The average molecular weight is 325 g/mol. The molecule has 1 aromatic rings. The predicted molar refractivity (Wildman–Crippen MR) is 85.7 cm³/mol. The van der Waals surface area contributed by atoms with E-state index in [-0.39, 0.29) is 0 Å². The number of rotatable bonds is 6. The van der Waals surface area contributed by atoms with Crippen molar-refractivity contribution in [1.29, 1.82) is 0 Å². The quantitative estimate of drug-likeness (QED) is 0.784. The van der Waals surface area contributed by atoms with Gasteiger partial charge in [-0.25, -0.2) is 4.79 Å². The molecule has 1 unspecified atom stereocenters. The summed E-state index contributed by atoms with van der Waals surface area (Å²) >= 11 is 0. The van der Waals surface area contributed by atoms with E-state index in [1.54, 1.807) is 33.2 Å². The summed E-state index contributed by atoms with van der Waals surface area (Å²) in [5, 5.41) is 9.38. The minimum atomic E-state index is -0.906. The number of hydrogen-bond acceptors (Lipinski definition) is 5. The molecule has 0 aliphatic heterocycles. The van der Waals surface area contributed by atoms with Gasteiger partial charge >= 0.3 is 6.09 Å². The Morgan fingerprint density at radius 2 is 1.96 bits per heavy atom. The Labute approximate surface area is 137 Å². The summed E-state index contributed by atoms with van der Waals surface area (Å²) in [4.78, 5) is 22.9. The molecule has 130 valence electrons. The highest BCUT2D eigenvalue weighted by molar-refractivity contribution is 5.67. The Balaban J connectivity index is 2.87. The van der Waals surface area contributed by atoms with Gasteiger partial charge in [-0.2, -0.15) is 5.10 Å². The second-order valence-electron chi connectivity index (χ2n) is 7.46. The first-order valence-corrected chi connectivity index (χ1v) is 7.59. The first kappa shape index (κ1) is 19.0. The molecule has 0 aliphatic carbocycles. The molecule has 0 bridgehead atoms. The number of alkyl carbamates (subject to hydrolysis) is 1. The maximum atomic E-state index is 11.8. The fourth-order valence-electron chi connectivity index (χ4n) is 2.46. The second kappa shape index (κ2) is 7.02. The smallest absolute Gasteiger partial charge is 0.407 e. The SMILES string of the molecule is CC(C)(C)OC(=O)NCCC(OC=O)(c1cn[nH]c1)C(C)(C)C. The van der Waals surface area contributed by atoms with Crippen LogP contribution in [0.3, 0.4) is 0 Å².